The first-order valence-electron chi connectivity index (χ1n) is 8.11. The molecule has 0 aromatic rings. The van der Waals surface area contributed by atoms with Crippen molar-refractivity contribution in [3.05, 3.63) is 0 Å². The third kappa shape index (κ3) is 5.04. The summed E-state index contributed by atoms with van der Waals surface area (Å²) in [5.41, 5.74) is 0. The molecular weight excluding hydrogens is 254 g/mol. The number of hydrogen-bond donors (Lipinski definition) is 1. The molecule has 0 spiro atoms. The highest BCUT2D eigenvalue weighted by Crippen LogP contribution is 2.10. The van der Waals surface area contributed by atoms with Crippen LogP contribution in [0.15, 0.2) is 0 Å². The number of ether oxygens (including phenoxy) is 1. The lowest BCUT2D eigenvalue weighted by Crippen LogP contribution is -2.45. The Labute approximate surface area is 122 Å². The molecule has 0 aromatic heterocycles. The van der Waals surface area contributed by atoms with Crippen molar-refractivity contribution in [2.45, 2.75) is 38.6 Å². The molecule has 2 saturated heterocycles. The van der Waals surface area contributed by atoms with Gasteiger partial charge in [0, 0.05) is 32.1 Å². The highest BCUT2D eigenvalue weighted by Gasteiger charge is 2.19. The largest absolute Gasteiger partial charge is 0.378 e. The predicted octanol–water partition coefficient (Wildman–Crippen LogP) is 0.699. The van der Waals surface area contributed by atoms with Crippen molar-refractivity contribution < 1.29 is 9.53 Å². The van der Waals surface area contributed by atoms with Gasteiger partial charge in [-0.1, -0.05) is 6.92 Å². The number of carbonyl (C=O) groups excluding carboxylic acids is 1. The monoisotopic (exact) mass is 283 g/mol. The normalized spacial score (nSPS) is 22.1. The molecule has 1 amide bonds. The number of hydrogen-bond acceptors (Lipinski definition) is 4. The van der Waals surface area contributed by atoms with Crippen molar-refractivity contribution in [3.8, 4) is 0 Å². The van der Waals surface area contributed by atoms with Crippen LogP contribution >= 0.6 is 0 Å². The van der Waals surface area contributed by atoms with E-state index in [0.29, 0.717) is 25.7 Å². The maximum Gasteiger partial charge on any atom is 0.224 e. The summed E-state index contributed by atoms with van der Waals surface area (Å²) in [5, 5.41) is 3.55. The Hall–Kier alpha value is -0.650. The topological polar surface area (TPSA) is 44.8 Å². The fraction of sp³-hybridized carbons (Fsp3) is 0.933. The molecule has 0 radical (unpaired) electrons. The van der Waals surface area contributed by atoms with Crippen LogP contribution in [0.25, 0.3) is 0 Å². The number of amides is 1. The van der Waals surface area contributed by atoms with Gasteiger partial charge in [-0.25, -0.2) is 0 Å². The lowest BCUT2D eigenvalue weighted by atomic mass is 10.0. The summed E-state index contributed by atoms with van der Waals surface area (Å²) in [4.78, 5) is 16.5. The van der Waals surface area contributed by atoms with E-state index in [1.54, 1.807) is 0 Å². The molecule has 0 saturated carbocycles. The zero-order valence-corrected chi connectivity index (χ0v) is 12.8. The molecule has 2 aliphatic heterocycles. The van der Waals surface area contributed by atoms with Gasteiger partial charge in [0.05, 0.1) is 13.2 Å². The summed E-state index contributed by atoms with van der Waals surface area (Å²) in [5.74, 6) is 0.268. The van der Waals surface area contributed by atoms with Gasteiger partial charge >= 0.3 is 0 Å². The molecule has 0 aliphatic carbocycles. The van der Waals surface area contributed by atoms with Crippen molar-refractivity contribution in [2.24, 2.45) is 0 Å². The molecule has 0 atom stereocenters. The molecule has 0 bridgehead atoms. The number of rotatable bonds is 6. The maximum atomic E-state index is 12.0. The predicted molar refractivity (Wildman–Crippen MR) is 79.8 cm³/mol. The Morgan fingerprint density at radius 3 is 2.55 bits per heavy atom. The molecule has 5 heteroatoms. The van der Waals surface area contributed by atoms with Crippen LogP contribution in [0.1, 0.15) is 32.6 Å². The summed E-state index contributed by atoms with van der Waals surface area (Å²) in [6, 6.07) is 0.598. The number of likely N-dealkylation sites (tertiary alicyclic amines) is 1. The molecule has 2 fully saturated rings. The van der Waals surface area contributed by atoms with Crippen molar-refractivity contribution in [2.75, 3.05) is 52.5 Å². The van der Waals surface area contributed by atoms with Gasteiger partial charge in [-0.05, 0) is 38.9 Å². The van der Waals surface area contributed by atoms with Crippen molar-refractivity contribution in [1.82, 2.24) is 15.1 Å². The van der Waals surface area contributed by atoms with Crippen molar-refractivity contribution in [3.63, 3.8) is 0 Å². The van der Waals surface area contributed by atoms with E-state index in [0.717, 1.165) is 19.6 Å². The first kappa shape index (κ1) is 15.7. The molecule has 0 unspecified atom stereocenters. The number of nitrogens with one attached hydrogen (secondary N) is 1. The minimum Gasteiger partial charge on any atom is -0.378 e. The van der Waals surface area contributed by atoms with Gasteiger partial charge in [0.15, 0.2) is 0 Å². The molecule has 2 aliphatic rings. The molecule has 2 rings (SSSR count). The Kier molecular flexibility index (Phi) is 6.76. The Morgan fingerprint density at radius 1 is 1.20 bits per heavy atom. The van der Waals surface area contributed by atoms with Gasteiger partial charge < -0.3 is 19.9 Å². The van der Waals surface area contributed by atoms with E-state index in [1.807, 2.05) is 4.90 Å². The highest BCUT2D eigenvalue weighted by molar-refractivity contribution is 5.76. The zero-order valence-electron chi connectivity index (χ0n) is 12.8. The smallest absolute Gasteiger partial charge is 0.224 e. The minimum atomic E-state index is 0.268. The fourth-order valence-corrected chi connectivity index (χ4v) is 3.03. The van der Waals surface area contributed by atoms with E-state index in [1.165, 1.54) is 38.9 Å². The number of piperidine rings is 1. The van der Waals surface area contributed by atoms with E-state index in [2.05, 4.69) is 17.1 Å². The maximum absolute atomic E-state index is 12.0. The van der Waals surface area contributed by atoms with E-state index in [4.69, 9.17) is 4.74 Å². The average molecular weight is 283 g/mol. The van der Waals surface area contributed by atoms with Gasteiger partial charge in [-0.15, -0.1) is 0 Å². The molecule has 20 heavy (non-hydrogen) atoms. The van der Waals surface area contributed by atoms with E-state index in [-0.39, 0.29) is 5.91 Å². The minimum absolute atomic E-state index is 0.268. The third-order valence-corrected chi connectivity index (χ3v) is 4.26. The number of morpholine rings is 1. The van der Waals surface area contributed by atoms with E-state index < -0.39 is 0 Å². The van der Waals surface area contributed by atoms with E-state index in [9.17, 15) is 4.79 Å². The Balaban J connectivity index is 1.56. The van der Waals surface area contributed by atoms with Crippen LogP contribution in [0.2, 0.25) is 0 Å². The van der Waals surface area contributed by atoms with Crippen LogP contribution in [-0.4, -0.2) is 74.2 Å². The second-order valence-electron chi connectivity index (χ2n) is 5.81. The van der Waals surface area contributed by atoms with Crippen LogP contribution in [0, 0.1) is 0 Å². The van der Waals surface area contributed by atoms with Crippen molar-refractivity contribution >= 4 is 5.91 Å². The quantitative estimate of drug-likeness (QED) is 0.779. The van der Waals surface area contributed by atoms with Crippen LogP contribution in [-0.2, 0) is 9.53 Å². The van der Waals surface area contributed by atoms with Crippen molar-refractivity contribution in [1.29, 1.82) is 0 Å². The molecule has 2 heterocycles. The van der Waals surface area contributed by atoms with Gasteiger partial charge in [-0.3, -0.25) is 4.79 Å². The zero-order chi connectivity index (χ0) is 14.2. The fourth-order valence-electron chi connectivity index (χ4n) is 3.03. The molecule has 1 N–H and O–H groups in total. The summed E-state index contributed by atoms with van der Waals surface area (Å²) >= 11 is 0. The average Bonchev–Trinajstić information content (AvgIpc) is 2.50. The number of nitrogens with zero attached hydrogens (tertiary/aromatic N) is 2. The van der Waals surface area contributed by atoms with Gasteiger partial charge in [0.25, 0.3) is 0 Å². The van der Waals surface area contributed by atoms with Crippen LogP contribution in [0.3, 0.4) is 0 Å². The first-order valence-corrected chi connectivity index (χ1v) is 8.11. The number of carbonyl (C=O) groups is 1. The van der Waals surface area contributed by atoms with Gasteiger partial charge in [0.1, 0.15) is 0 Å². The molecule has 5 nitrogen and oxygen atoms in total. The lowest BCUT2D eigenvalue weighted by Gasteiger charge is -2.32. The molecule has 0 aromatic carbocycles. The SMILES string of the molecule is CCCN1CCC(NCCC(=O)N2CCOCC2)CC1. The van der Waals surface area contributed by atoms with Crippen LogP contribution < -0.4 is 5.32 Å². The second-order valence-corrected chi connectivity index (χ2v) is 5.81. The summed E-state index contributed by atoms with van der Waals surface area (Å²) in [6.07, 6.45) is 4.29. The van der Waals surface area contributed by atoms with Crippen LogP contribution in [0.5, 0.6) is 0 Å². The summed E-state index contributed by atoms with van der Waals surface area (Å²) in [7, 11) is 0. The highest BCUT2D eigenvalue weighted by atomic mass is 16.5. The summed E-state index contributed by atoms with van der Waals surface area (Å²) < 4.78 is 5.27. The Bertz CT molecular complexity index is 285. The standard InChI is InChI=1S/C15H29N3O2/c1-2-7-17-8-4-14(5-9-17)16-6-3-15(19)18-10-12-20-13-11-18/h14,16H,2-13H2,1H3. The van der Waals surface area contributed by atoms with Crippen LogP contribution in [0.4, 0.5) is 0 Å². The van der Waals surface area contributed by atoms with E-state index >= 15 is 0 Å². The van der Waals surface area contributed by atoms with Gasteiger partial charge in [0.2, 0.25) is 5.91 Å². The lowest BCUT2D eigenvalue weighted by molar-refractivity contribution is -0.135. The molecular formula is C15H29N3O2. The summed E-state index contributed by atoms with van der Waals surface area (Å²) in [6.45, 7) is 9.57. The van der Waals surface area contributed by atoms with Gasteiger partial charge in [-0.2, -0.15) is 0 Å². The first-order chi connectivity index (χ1) is 9.79. The second kappa shape index (κ2) is 8.60. The molecule has 116 valence electrons. The Morgan fingerprint density at radius 2 is 1.90 bits per heavy atom. The third-order valence-electron chi connectivity index (χ3n) is 4.26.